The lowest BCUT2D eigenvalue weighted by Gasteiger charge is -2.38. The molecule has 0 radical (unpaired) electrons. The number of rotatable bonds is 4. The summed E-state index contributed by atoms with van der Waals surface area (Å²) < 4.78 is 32.6. The molecule has 0 aliphatic heterocycles. The summed E-state index contributed by atoms with van der Waals surface area (Å²) in [5.41, 5.74) is 0.319. The van der Waals surface area contributed by atoms with Gasteiger partial charge in [0.15, 0.2) is 0 Å². The van der Waals surface area contributed by atoms with Gasteiger partial charge >= 0.3 is 0 Å². The van der Waals surface area contributed by atoms with Crippen LogP contribution in [0.1, 0.15) is 38.7 Å². The highest BCUT2D eigenvalue weighted by Crippen LogP contribution is 2.67. The molecule has 2 saturated carbocycles. The third-order valence-electron chi connectivity index (χ3n) is 5.92. The first-order chi connectivity index (χ1) is 10.7. The minimum Gasteiger partial charge on any atom is -0.299 e. The largest absolute Gasteiger partial charge is 0.299 e. The number of ketones is 1. The Hall–Kier alpha value is -1.46. The van der Waals surface area contributed by atoms with Crippen LogP contribution in [0.3, 0.4) is 0 Å². The van der Waals surface area contributed by atoms with Gasteiger partial charge in [0.2, 0.25) is 0 Å². The molecule has 0 saturated heterocycles. The number of hydrogen-bond acceptors (Lipinski definition) is 3. The van der Waals surface area contributed by atoms with Crippen molar-refractivity contribution >= 4 is 22.0 Å². The second-order valence-electron chi connectivity index (χ2n) is 7.30. The molecule has 0 spiro atoms. The zero-order valence-corrected chi connectivity index (χ0v) is 14.3. The second-order valence-corrected chi connectivity index (χ2v) is 8.75. The molecule has 23 heavy (non-hydrogen) atoms. The number of carbonyl (C=O) groups is 1. The van der Waals surface area contributed by atoms with Crippen molar-refractivity contribution < 1.29 is 17.8 Å². The molecule has 1 aromatic carbocycles. The second kappa shape index (κ2) is 5.28. The van der Waals surface area contributed by atoms with Gasteiger partial charge in [-0.3, -0.25) is 9.35 Å². The van der Waals surface area contributed by atoms with Crippen LogP contribution in [-0.4, -0.2) is 24.5 Å². The van der Waals surface area contributed by atoms with E-state index in [0.717, 1.165) is 12.0 Å². The average Bonchev–Trinajstić information content (AvgIpc) is 2.81. The van der Waals surface area contributed by atoms with E-state index in [4.69, 9.17) is 0 Å². The van der Waals surface area contributed by atoms with Crippen LogP contribution in [0.15, 0.2) is 35.9 Å². The highest BCUT2D eigenvalue weighted by Gasteiger charge is 2.65. The predicted molar refractivity (Wildman–Crippen MR) is 89.4 cm³/mol. The molecule has 0 aromatic heterocycles. The molecule has 2 atom stereocenters. The summed E-state index contributed by atoms with van der Waals surface area (Å²) in [4.78, 5) is 12.8. The van der Waals surface area contributed by atoms with Crippen LogP contribution in [0.5, 0.6) is 0 Å². The molecule has 2 fully saturated rings. The molecule has 2 unspecified atom stereocenters. The summed E-state index contributed by atoms with van der Waals surface area (Å²) in [7, 11) is -4.20. The van der Waals surface area contributed by atoms with Gasteiger partial charge in [0.1, 0.15) is 5.78 Å². The van der Waals surface area contributed by atoms with Crippen LogP contribution in [0.4, 0.5) is 0 Å². The van der Waals surface area contributed by atoms with Crippen LogP contribution in [-0.2, 0) is 14.9 Å². The van der Waals surface area contributed by atoms with E-state index < -0.39 is 21.3 Å². The SMILES string of the molecule is CC1(C)C2CCC1(C(=Cc1ccccc1)CS(=O)(=O)O)C(=O)C2. The Morgan fingerprint density at radius 3 is 2.43 bits per heavy atom. The first-order valence-electron chi connectivity index (χ1n) is 7.91. The summed E-state index contributed by atoms with van der Waals surface area (Å²) >= 11 is 0. The Kier molecular flexibility index (Phi) is 3.76. The molecule has 124 valence electrons. The number of hydrogen-bond donors (Lipinski definition) is 1. The molecule has 0 amide bonds. The lowest BCUT2D eigenvalue weighted by molar-refractivity contribution is -0.126. The van der Waals surface area contributed by atoms with E-state index in [0.29, 0.717) is 18.4 Å². The molecule has 2 bridgehead atoms. The maximum atomic E-state index is 12.8. The Morgan fingerprint density at radius 2 is 1.96 bits per heavy atom. The van der Waals surface area contributed by atoms with Crippen LogP contribution in [0, 0.1) is 16.7 Å². The fraction of sp³-hybridized carbons (Fsp3) is 0.500. The summed E-state index contributed by atoms with van der Waals surface area (Å²) in [6.45, 7) is 4.11. The minimum atomic E-state index is -4.20. The van der Waals surface area contributed by atoms with Crippen molar-refractivity contribution in [2.75, 3.05) is 5.75 Å². The van der Waals surface area contributed by atoms with Crippen LogP contribution in [0.25, 0.3) is 6.08 Å². The highest BCUT2D eigenvalue weighted by atomic mass is 32.2. The fourth-order valence-electron chi connectivity index (χ4n) is 4.66. The normalized spacial score (nSPS) is 30.0. The van der Waals surface area contributed by atoms with Gasteiger partial charge in [-0.1, -0.05) is 50.3 Å². The molecule has 0 heterocycles. The molecule has 3 rings (SSSR count). The highest BCUT2D eigenvalue weighted by molar-refractivity contribution is 7.86. The maximum absolute atomic E-state index is 12.8. The van der Waals surface area contributed by atoms with Crippen molar-refractivity contribution in [1.29, 1.82) is 0 Å². The molecular formula is C18H22O4S. The number of carbonyl (C=O) groups excluding carboxylic acids is 1. The molecule has 2 aliphatic carbocycles. The molecule has 4 nitrogen and oxygen atoms in total. The van der Waals surface area contributed by atoms with E-state index in [-0.39, 0.29) is 17.1 Å². The topological polar surface area (TPSA) is 71.4 Å². The molecular weight excluding hydrogens is 312 g/mol. The Bertz CT molecular complexity index is 761. The summed E-state index contributed by atoms with van der Waals surface area (Å²) in [5, 5.41) is 0. The van der Waals surface area contributed by atoms with Crippen molar-refractivity contribution in [3.05, 3.63) is 41.5 Å². The number of fused-ring (bicyclic) bond motifs is 2. The molecule has 5 heteroatoms. The summed E-state index contributed by atoms with van der Waals surface area (Å²) in [5.74, 6) is -0.0794. The van der Waals surface area contributed by atoms with Gasteiger partial charge < -0.3 is 0 Å². The van der Waals surface area contributed by atoms with Crippen LogP contribution in [0.2, 0.25) is 0 Å². The van der Waals surface area contributed by atoms with Crippen molar-refractivity contribution in [1.82, 2.24) is 0 Å². The minimum absolute atomic E-state index is 0.115. The van der Waals surface area contributed by atoms with Crippen molar-refractivity contribution in [2.24, 2.45) is 16.7 Å². The lowest BCUT2D eigenvalue weighted by Crippen LogP contribution is -2.40. The maximum Gasteiger partial charge on any atom is 0.268 e. The van der Waals surface area contributed by atoms with Gasteiger partial charge in [-0.15, -0.1) is 0 Å². The Labute approximate surface area is 137 Å². The predicted octanol–water partition coefficient (Wildman–Crippen LogP) is 3.35. The van der Waals surface area contributed by atoms with Crippen molar-refractivity contribution in [3.63, 3.8) is 0 Å². The van der Waals surface area contributed by atoms with E-state index in [1.807, 2.05) is 30.3 Å². The quantitative estimate of drug-likeness (QED) is 0.857. The van der Waals surface area contributed by atoms with Gasteiger partial charge in [0.25, 0.3) is 10.1 Å². The third-order valence-corrected chi connectivity index (χ3v) is 6.60. The van der Waals surface area contributed by atoms with Gasteiger partial charge in [0.05, 0.1) is 11.2 Å². The zero-order chi connectivity index (χ0) is 16.9. The van der Waals surface area contributed by atoms with Gasteiger partial charge in [-0.2, -0.15) is 8.42 Å². The average molecular weight is 334 g/mol. The van der Waals surface area contributed by atoms with Crippen molar-refractivity contribution in [3.8, 4) is 0 Å². The van der Waals surface area contributed by atoms with E-state index >= 15 is 0 Å². The first kappa shape index (κ1) is 16.4. The third kappa shape index (κ3) is 2.56. The number of benzene rings is 1. The standard InChI is InChI=1S/C18H22O4S/c1-17(2)14-8-9-18(17,16(19)11-14)15(12-23(20,21)22)10-13-6-4-3-5-7-13/h3-7,10,14H,8-9,11-12H2,1-2H3,(H,20,21,22). The first-order valence-corrected chi connectivity index (χ1v) is 9.52. The molecule has 1 N–H and O–H groups in total. The number of Topliss-reactive ketones (excluding diaryl/α,β-unsaturated/α-hetero) is 1. The van der Waals surface area contributed by atoms with Gasteiger partial charge in [-0.25, -0.2) is 0 Å². The van der Waals surface area contributed by atoms with E-state index in [9.17, 15) is 17.8 Å². The zero-order valence-electron chi connectivity index (χ0n) is 13.5. The Balaban J connectivity index is 2.16. The van der Waals surface area contributed by atoms with Gasteiger partial charge in [0, 0.05) is 6.42 Å². The van der Waals surface area contributed by atoms with Crippen molar-refractivity contribution in [2.45, 2.75) is 33.1 Å². The van der Waals surface area contributed by atoms with Gasteiger partial charge in [-0.05, 0) is 35.3 Å². The fourth-order valence-corrected chi connectivity index (χ4v) is 5.39. The molecule has 2 aliphatic rings. The summed E-state index contributed by atoms with van der Waals surface area (Å²) in [6.07, 6.45) is 3.87. The van der Waals surface area contributed by atoms with E-state index in [2.05, 4.69) is 13.8 Å². The van der Waals surface area contributed by atoms with Crippen LogP contribution < -0.4 is 0 Å². The summed E-state index contributed by atoms with van der Waals surface area (Å²) in [6, 6.07) is 9.37. The Morgan fingerprint density at radius 1 is 1.30 bits per heavy atom. The molecule has 1 aromatic rings. The lowest BCUT2D eigenvalue weighted by atomic mass is 9.64. The van der Waals surface area contributed by atoms with Crippen LogP contribution >= 0.6 is 0 Å². The monoisotopic (exact) mass is 334 g/mol. The van der Waals surface area contributed by atoms with E-state index in [1.54, 1.807) is 6.08 Å². The van der Waals surface area contributed by atoms with E-state index in [1.165, 1.54) is 0 Å². The smallest absolute Gasteiger partial charge is 0.268 e.